The molecule has 1 atom stereocenters. The van der Waals surface area contributed by atoms with Crippen LogP contribution < -0.4 is 16.0 Å². The maximum atomic E-state index is 5.74. The Hall–Kier alpha value is -0.970. The Balaban J connectivity index is 0.000000845. The molecule has 0 saturated carbocycles. The molecule has 1 aromatic heterocycles. The van der Waals surface area contributed by atoms with Gasteiger partial charge in [0.2, 0.25) is 0 Å². The fourth-order valence-corrected chi connectivity index (χ4v) is 1.15. The molecular formula is C8H12Cl2N4. The lowest BCUT2D eigenvalue weighted by atomic mass is 10.4. The molecule has 1 aliphatic heterocycles. The van der Waals surface area contributed by atoms with Crippen LogP contribution >= 0.6 is 24.8 Å². The Morgan fingerprint density at radius 1 is 1.43 bits per heavy atom. The van der Waals surface area contributed by atoms with Crippen LogP contribution in [0.15, 0.2) is 36.9 Å². The van der Waals surface area contributed by atoms with Crippen molar-refractivity contribution in [2.75, 3.05) is 4.90 Å². The summed E-state index contributed by atoms with van der Waals surface area (Å²) >= 11 is 0. The first-order chi connectivity index (χ1) is 5.88. The fourth-order valence-electron chi connectivity index (χ4n) is 1.15. The Morgan fingerprint density at radius 3 is 2.71 bits per heavy atom. The van der Waals surface area contributed by atoms with Gasteiger partial charge in [0.15, 0.2) is 6.29 Å². The fraction of sp³-hybridized carbons (Fsp3) is 0.125. The van der Waals surface area contributed by atoms with Gasteiger partial charge in [-0.15, -0.1) is 24.8 Å². The Morgan fingerprint density at radius 2 is 2.21 bits per heavy atom. The molecule has 0 fully saturated rings. The highest BCUT2D eigenvalue weighted by Gasteiger charge is 2.14. The lowest BCUT2D eigenvalue weighted by molar-refractivity contribution is 0.652. The summed E-state index contributed by atoms with van der Waals surface area (Å²) in [6, 6.07) is 3.85. The second-order valence-corrected chi connectivity index (χ2v) is 2.55. The summed E-state index contributed by atoms with van der Waals surface area (Å²) < 4.78 is 0. The minimum Gasteiger partial charge on any atom is -0.358 e. The van der Waals surface area contributed by atoms with E-state index in [0.29, 0.717) is 0 Å². The molecular weight excluding hydrogens is 223 g/mol. The first kappa shape index (κ1) is 13.0. The van der Waals surface area contributed by atoms with E-state index in [1.54, 1.807) is 12.4 Å². The summed E-state index contributed by atoms with van der Waals surface area (Å²) in [6.07, 6.45) is 7.05. The van der Waals surface area contributed by atoms with E-state index in [9.17, 15) is 0 Å². The van der Waals surface area contributed by atoms with Crippen molar-refractivity contribution in [3.05, 3.63) is 36.9 Å². The normalized spacial score (nSPS) is 18.1. The third-order valence-corrected chi connectivity index (χ3v) is 1.75. The highest BCUT2D eigenvalue weighted by Crippen LogP contribution is 2.14. The van der Waals surface area contributed by atoms with Gasteiger partial charge in [0.05, 0.1) is 11.9 Å². The molecule has 2 rings (SSSR count). The predicted octanol–water partition coefficient (Wildman–Crippen LogP) is 1.05. The standard InChI is InChI=1S/C8H10N4.2ClH/c9-8-11-4-5-12(8)7-2-1-3-10-6-7;;/h1-6,8,11H,9H2;2*1H. The molecule has 6 heteroatoms. The van der Waals surface area contributed by atoms with Gasteiger partial charge in [0, 0.05) is 18.6 Å². The van der Waals surface area contributed by atoms with Crippen molar-refractivity contribution in [2.45, 2.75) is 6.29 Å². The smallest absolute Gasteiger partial charge is 0.156 e. The van der Waals surface area contributed by atoms with E-state index in [1.165, 1.54) is 0 Å². The van der Waals surface area contributed by atoms with Crippen LogP contribution in [0.5, 0.6) is 0 Å². The minimum atomic E-state index is -0.172. The Labute approximate surface area is 95.0 Å². The van der Waals surface area contributed by atoms with Gasteiger partial charge in [-0.05, 0) is 12.1 Å². The second-order valence-electron chi connectivity index (χ2n) is 2.55. The summed E-state index contributed by atoms with van der Waals surface area (Å²) in [5.74, 6) is 0. The average molecular weight is 235 g/mol. The number of hydrogen-bond donors (Lipinski definition) is 2. The van der Waals surface area contributed by atoms with Gasteiger partial charge in [-0.2, -0.15) is 0 Å². The van der Waals surface area contributed by atoms with Crippen LogP contribution in [-0.2, 0) is 0 Å². The molecule has 0 aromatic carbocycles. The number of anilines is 1. The van der Waals surface area contributed by atoms with Crippen LogP contribution in [0.4, 0.5) is 5.69 Å². The number of halogens is 2. The van der Waals surface area contributed by atoms with Gasteiger partial charge in [-0.1, -0.05) is 0 Å². The van der Waals surface area contributed by atoms with E-state index in [-0.39, 0.29) is 31.1 Å². The van der Waals surface area contributed by atoms with Crippen molar-refractivity contribution >= 4 is 30.5 Å². The number of aromatic nitrogens is 1. The summed E-state index contributed by atoms with van der Waals surface area (Å²) in [4.78, 5) is 5.91. The largest absolute Gasteiger partial charge is 0.358 e. The van der Waals surface area contributed by atoms with Crippen LogP contribution in [0.2, 0.25) is 0 Å². The van der Waals surface area contributed by atoms with Gasteiger partial charge in [-0.3, -0.25) is 10.7 Å². The molecule has 0 saturated heterocycles. The molecule has 0 spiro atoms. The van der Waals surface area contributed by atoms with E-state index < -0.39 is 0 Å². The molecule has 0 bridgehead atoms. The summed E-state index contributed by atoms with van der Waals surface area (Å²) in [6.45, 7) is 0. The molecule has 0 radical (unpaired) electrons. The summed E-state index contributed by atoms with van der Waals surface area (Å²) in [7, 11) is 0. The molecule has 78 valence electrons. The van der Waals surface area contributed by atoms with Gasteiger partial charge in [0.25, 0.3) is 0 Å². The van der Waals surface area contributed by atoms with E-state index in [4.69, 9.17) is 5.73 Å². The third-order valence-electron chi connectivity index (χ3n) is 1.75. The van der Waals surface area contributed by atoms with Gasteiger partial charge in [0.1, 0.15) is 0 Å². The van der Waals surface area contributed by atoms with Crippen molar-refractivity contribution < 1.29 is 0 Å². The summed E-state index contributed by atoms with van der Waals surface area (Å²) in [5, 5.41) is 2.96. The molecule has 1 aliphatic rings. The van der Waals surface area contributed by atoms with Crippen LogP contribution in [0, 0.1) is 0 Å². The second kappa shape index (κ2) is 5.70. The van der Waals surface area contributed by atoms with Crippen molar-refractivity contribution in [3.63, 3.8) is 0 Å². The monoisotopic (exact) mass is 234 g/mol. The SMILES string of the molecule is Cl.Cl.NC1NC=CN1c1cccnc1. The van der Waals surface area contributed by atoms with E-state index in [1.807, 2.05) is 29.4 Å². The van der Waals surface area contributed by atoms with Crippen LogP contribution in [0.1, 0.15) is 0 Å². The first-order valence-corrected chi connectivity index (χ1v) is 3.74. The number of nitrogens with two attached hydrogens (primary N) is 1. The van der Waals surface area contributed by atoms with Crippen LogP contribution in [0.25, 0.3) is 0 Å². The molecule has 1 unspecified atom stereocenters. The molecule has 0 aliphatic carbocycles. The average Bonchev–Trinajstić information content (AvgIpc) is 2.53. The maximum absolute atomic E-state index is 5.74. The van der Waals surface area contributed by atoms with Gasteiger partial charge in [-0.25, -0.2) is 0 Å². The molecule has 4 nitrogen and oxygen atoms in total. The van der Waals surface area contributed by atoms with Crippen molar-refractivity contribution in [1.82, 2.24) is 10.3 Å². The Kier molecular flexibility index (Phi) is 5.30. The summed E-state index contributed by atoms with van der Waals surface area (Å²) in [5.41, 5.74) is 6.73. The van der Waals surface area contributed by atoms with Crippen LogP contribution in [0.3, 0.4) is 0 Å². The number of rotatable bonds is 1. The van der Waals surface area contributed by atoms with Gasteiger partial charge >= 0.3 is 0 Å². The van der Waals surface area contributed by atoms with Crippen molar-refractivity contribution in [1.29, 1.82) is 0 Å². The van der Waals surface area contributed by atoms with E-state index in [2.05, 4.69) is 10.3 Å². The lowest BCUT2D eigenvalue weighted by Gasteiger charge is -2.20. The maximum Gasteiger partial charge on any atom is 0.156 e. The van der Waals surface area contributed by atoms with Crippen molar-refractivity contribution in [2.24, 2.45) is 5.73 Å². The third kappa shape index (κ3) is 2.51. The zero-order chi connectivity index (χ0) is 8.39. The Bertz CT molecular complexity index is 291. The first-order valence-electron chi connectivity index (χ1n) is 3.74. The van der Waals surface area contributed by atoms with E-state index in [0.717, 1.165) is 5.69 Å². The number of nitrogens with zero attached hydrogens (tertiary/aromatic N) is 2. The molecule has 3 N–H and O–H groups in total. The zero-order valence-electron chi connectivity index (χ0n) is 7.33. The highest BCUT2D eigenvalue weighted by atomic mass is 35.5. The quantitative estimate of drug-likeness (QED) is 0.763. The number of pyridine rings is 1. The molecule has 2 heterocycles. The van der Waals surface area contributed by atoms with E-state index >= 15 is 0 Å². The van der Waals surface area contributed by atoms with Crippen LogP contribution in [-0.4, -0.2) is 11.3 Å². The van der Waals surface area contributed by atoms with Gasteiger partial charge < -0.3 is 10.2 Å². The number of hydrogen-bond acceptors (Lipinski definition) is 4. The highest BCUT2D eigenvalue weighted by molar-refractivity contribution is 5.85. The number of nitrogens with one attached hydrogen (secondary N) is 1. The molecule has 0 amide bonds. The predicted molar refractivity (Wildman–Crippen MR) is 61.5 cm³/mol. The molecule has 14 heavy (non-hydrogen) atoms. The molecule has 1 aromatic rings. The minimum absolute atomic E-state index is 0. The lowest BCUT2D eigenvalue weighted by Crippen LogP contribution is -2.43. The van der Waals surface area contributed by atoms with Crippen molar-refractivity contribution in [3.8, 4) is 0 Å². The zero-order valence-corrected chi connectivity index (χ0v) is 8.96. The topological polar surface area (TPSA) is 54.2 Å².